The van der Waals surface area contributed by atoms with Crippen molar-refractivity contribution >= 4 is 0 Å². The van der Waals surface area contributed by atoms with Gasteiger partial charge in [-0.2, -0.15) is 0 Å². The van der Waals surface area contributed by atoms with E-state index >= 15 is 0 Å². The van der Waals surface area contributed by atoms with Crippen molar-refractivity contribution in [3.8, 4) is 0 Å². The van der Waals surface area contributed by atoms with Gasteiger partial charge in [-0.15, -0.1) is 0 Å². The minimum atomic E-state index is -1.01. The molecule has 5 heteroatoms. The molecule has 2 rings (SSSR count). The maximum atomic E-state index is 13.7. The minimum Gasteiger partial charge on any atom is -0.387 e. The van der Waals surface area contributed by atoms with Crippen molar-refractivity contribution in [1.29, 1.82) is 0 Å². The summed E-state index contributed by atoms with van der Waals surface area (Å²) in [5.74, 6) is -0.645. The van der Waals surface area contributed by atoms with Crippen molar-refractivity contribution in [2.45, 2.75) is 25.9 Å². The molecule has 1 N–H and O–H groups in total. The van der Waals surface area contributed by atoms with Crippen LogP contribution in [0.1, 0.15) is 31.4 Å². The largest absolute Gasteiger partial charge is 0.387 e. The van der Waals surface area contributed by atoms with Gasteiger partial charge in [-0.25, -0.2) is 8.78 Å². The molecule has 3 nitrogen and oxygen atoms in total. The van der Waals surface area contributed by atoms with Gasteiger partial charge in [0.25, 0.3) is 0 Å². The number of ether oxygens (including phenoxy) is 1. The van der Waals surface area contributed by atoms with Crippen LogP contribution in [0.25, 0.3) is 0 Å². The molecule has 0 spiro atoms. The van der Waals surface area contributed by atoms with E-state index in [4.69, 9.17) is 4.74 Å². The van der Waals surface area contributed by atoms with Gasteiger partial charge in [-0.1, -0.05) is 0 Å². The highest BCUT2D eigenvalue weighted by atomic mass is 19.1. The standard InChI is InChI=1S/C16H23F2NO2/c1-2-21-11-12-4-3-7-19(9-12)10-16(20)14-8-13(17)5-6-15(14)18/h5-6,8,12,16,20H,2-4,7,9-11H2,1H3. The number of rotatable bonds is 6. The van der Waals surface area contributed by atoms with Crippen LogP contribution in [0.5, 0.6) is 0 Å². The first-order valence-electron chi connectivity index (χ1n) is 7.53. The number of aliphatic hydroxyl groups is 1. The van der Waals surface area contributed by atoms with Gasteiger partial charge in [-0.05, 0) is 50.4 Å². The van der Waals surface area contributed by atoms with E-state index in [1.165, 1.54) is 0 Å². The summed E-state index contributed by atoms with van der Waals surface area (Å²) in [6.07, 6.45) is 1.14. The number of halogens is 2. The number of β-amino-alcohol motifs (C(OH)–C–C–N with tert-alkyl or cyclic N) is 1. The van der Waals surface area contributed by atoms with E-state index in [0.717, 1.165) is 50.7 Å². The maximum Gasteiger partial charge on any atom is 0.129 e. The highest BCUT2D eigenvalue weighted by Crippen LogP contribution is 2.23. The van der Waals surface area contributed by atoms with Crippen molar-refractivity contribution in [2.24, 2.45) is 5.92 Å². The molecule has 21 heavy (non-hydrogen) atoms. The number of hydrogen-bond acceptors (Lipinski definition) is 3. The van der Waals surface area contributed by atoms with Gasteiger partial charge in [0.2, 0.25) is 0 Å². The second-order valence-corrected chi connectivity index (χ2v) is 5.61. The predicted molar refractivity (Wildman–Crippen MR) is 77.0 cm³/mol. The monoisotopic (exact) mass is 299 g/mol. The second kappa shape index (κ2) is 7.82. The molecule has 1 aromatic carbocycles. The third-order valence-electron chi connectivity index (χ3n) is 3.91. The van der Waals surface area contributed by atoms with Crippen LogP contribution in [-0.4, -0.2) is 42.9 Å². The molecule has 0 saturated carbocycles. The Morgan fingerprint density at radius 2 is 2.24 bits per heavy atom. The fourth-order valence-electron chi connectivity index (χ4n) is 2.85. The summed E-state index contributed by atoms with van der Waals surface area (Å²) in [4.78, 5) is 2.10. The average molecular weight is 299 g/mol. The molecule has 0 aromatic heterocycles. The molecule has 0 amide bonds. The molecule has 0 bridgehead atoms. The number of nitrogens with zero attached hydrogens (tertiary/aromatic N) is 1. The van der Waals surface area contributed by atoms with Gasteiger partial charge in [0, 0.05) is 25.3 Å². The van der Waals surface area contributed by atoms with Crippen molar-refractivity contribution < 1.29 is 18.6 Å². The molecule has 0 aliphatic carbocycles. The molecular formula is C16H23F2NO2. The van der Waals surface area contributed by atoms with Crippen LogP contribution in [0.2, 0.25) is 0 Å². The molecule has 1 aromatic rings. The van der Waals surface area contributed by atoms with E-state index in [-0.39, 0.29) is 5.56 Å². The highest BCUT2D eigenvalue weighted by molar-refractivity contribution is 5.21. The van der Waals surface area contributed by atoms with Crippen molar-refractivity contribution in [3.63, 3.8) is 0 Å². The third-order valence-corrected chi connectivity index (χ3v) is 3.91. The van der Waals surface area contributed by atoms with Crippen LogP contribution in [0.4, 0.5) is 8.78 Å². The Balaban J connectivity index is 1.92. The van der Waals surface area contributed by atoms with Gasteiger partial charge in [0.05, 0.1) is 12.7 Å². The topological polar surface area (TPSA) is 32.7 Å². The molecule has 2 unspecified atom stereocenters. The molecule has 1 aliphatic heterocycles. The highest BCUT2D eigenvalue weighted by Gasteiger charge is 2.23. The van der Waals surface area contributed by atoms with E-state index in [2.05, 4.69) is 4.90 Å². The molecule has 1 aliphatic rings. The number of piperidine rings is 1. The molecule has 2 atom stereocenters. The van der Waals surface area contributed by atoms with Crippen molar-refractivity contribution in [3.05, 3.63) is 35.4 Å². The number of aliphatic hydroxyl groups excluding tert-OH is 1. The summed E-state index contributed by atoms with van der Waals surface area (Å²) < 4.78 is 32.3. The fraction of sp³-hybridized carbons (Fsp3) is 0.625. The first-order valence-corrected chi connectivity index (χ1v) is 7.53. The van der Waals surface area contributed by atoms with Crippen LogP contribution in [0.15, 0.2) is 18.2 Å². The summed E-state index contributed by atoms with van der Waals surface area (Å²) in [5, 5.41) is 10.2. The number of hydrogen-bond donors (Lipinski definition) is 1. The Kier molecular flexibility index (Phi) is 6.08. The lowest BCUT2D eigenvalue weighted by Crippen LogP contribution is -2.39. The normalized spacial score (nSPS) is 21.4. The third kappa shape index (κ3) is 4.73. The van der Waals surface area contributed by atoms with Crippen molar-refractivity contribution in [1.82, 2.24) is 4.90 Å². The lowest BCUT2D eigenvalue weighted by atomic mass is 9.98. The fourth-order valence-corrected chi connectivity index (χ4v) is 2.85. The summed E-state index contributed by atoms with van der Waals surface area (Å²) in [7, 11) is 0. The molecule has 1 heterocycles. The maximum absolute atomic E-state index is 13.7. The van der Waals surface area contributed by atoms with Crippen LogP contribution in [-0.2, 0) is 4.74 Å². The predicted octanol–water partition coefficient (Wildman–Crippen LogP) is 2.75. The Bertz CT molecular complexity index is 456. The molecular weight excluding hydrogens is 276 g/mol. The van der Waals surface area contributed by atoms with Gasteiger partial charge < -0.3 is 14.7 Å². The van der Waals surface area contributed by atoms with Crippen LogP contribution in [0.3, 0.4) is 0 Å². The lowest BCUT2D eigenvalue weighted by Gasteiger charge is -2.33. The molecule has 0 radical (unpaired) electrons. The van der Waals surface area contributed by atoms with Gasteiger partial charge in [-0.3, -0.25) is 0 Å². The van der Waals surface area contributed by atoms with Gasteiger partial charge in [0.15, 0.2) is 0 Å². The zero-order valence-electron chi connectivity index (χ0n) is 12.4. The van der Waals surface area contributed by atoms with E-state index in [9.17, 15) is 13.9 Å². The first kappa shape index (κ1) is 16.3. The zero-order valence-corrected chi connectivity index (χ0v) is 12.4. The van der Waals surface area contributed by atoms with Crippen LogP contribution < -0.4 is 0 Å². The summed E-state index contributed by atoms with van der Waals surface area (Å²) in [6.45, 7) is 5.41. The zero-order chi connectivity index (χ0) is 15.2. The van der Waals surface area contributed by atoms with E-state index < -0.39 is 17.7 Å². The Morgan fingerprint density at radius 3 is 3.00 bits per heavy atom. The Morgan fingerprint density at radius 1 is 1.43 bits per heavy atom. The second-order valence-electron chi connectivity index (χ2n) is 5.61. The quantitative estimate of drug-likeness (QED) is 0.877. The van der Waals surface area contributed by atoms with E-state index in [0.29, 0.717) is 19.1 Å². The number of benzene rings is 1. The van der Waals surface area contributed by atoms with Gasteiger partial charge >= 0.3 is 0 Å². The van der Waals surface area contributed by atoms with Crippen LogP contribution >= 0.6 is 0 Å². The Labute approximate surface area is 124 Å². The Hall–Kier alpha value is -1.04. The molecule has 118 valence electrons. The van der Waals surface area contributed by atoms with Gasteiger partial charge in [0.1, 0.15) is 11.6 Å². The number of likely N-dealkylation sites (tertiary alicyclic amines) is 1. The smallest absolute Gasteiger partial charge is 0.129 e. The summed E-state index contributed by atoms with van der Waals surface area (Å²) >= 11 is 0. The summed E-state index contributed by atoms with van der Waals surface area (Å²) in [6, 6.07) is 3.19. The lowest BCUT2D eigenvalue weighted by molar-refractivity contribution is 0.0433. The average Bonchev–Trinajstić information content (AvgIpc) is 2.48. The molecule has 1 saturated heterocycles. The molecule has 1 fully saturated rings. The summed E-state index contributed by atoms with van der Waals surface area (Å²) in [5.41, 5.74) is 0.0296. The van der Waals surface area contributed by atoms with E-state index in [1.54, 1.807) is 0 Å². The van der Waals surface area contributed by atoms with E-state index in [1.807, 2.05) is 6.92 Å². The first-order chi connectivity index (χ1) is 10.1. The SMILES string of the molecule is CCOCC1CCCN(CC(O)c2cc(F)ccc2F)C1. The van der Waals surface area contributed by atoms with Crippen molar-refractivity contribution in [2.75, 3.05) is 32.8 Å². The minimum absolute atomic E-state index is 0.0296. The van der Waals surface area contributed by atoms with Crippen LogP contribution in [0, 0.1) is 17.6 Å².